The third kappa shape index (κ3) is 3.34. The molecule has 0 atom stereocenters. The van der Waals surface area contributed by atoms with Crippen LogP contribution in [0.2, 0.25) is 0 Å². The largest absolute Gasteiger partial charge is 0.378 e. The van der Waals surface area contributed by atoms with Gasteiger partial charge in [-0.1, -0.05) is 12.1 Å². The van der Waals surface area contributed by atoms with Crippen LogP contribution in [0.3, 0.4) is 0 Å². The van der Waals surface area contributed by atoms with Gasteiger partial charge in [-0.25, -0.2) is 4.39 Å². The average Bonchev–Trinajstić information content (AvgIpc) is 2.95. The van der Waals surface area contributed by atoms with Gasteiger partial charge in [0.25, 0.3) is 5.91 Å². The van der Waals surface area contributed by atoms with Crippen molar-refractivity contribution in [2.75, 3.05) is 26.3 Å². The molecule has 3 rings (SSSR count). The molecule has 1 N–H and O–H groups in total. The van der Waals surface area contributed by atoms with Crippen LogP contribution >= 0.6 is 0 Å². The molecule has 1 aliphatic heterocycles. The van der Waals surface area contributed by atoms with Crippen molar-refractivity contribution < 1.29 is 13.9 Å². The molecule has 1 fully saturated rings. The molecule has 1 aromatic carbocycles. The van der Waals surface area contributed by atoms with E-state index in [1.807, 2.05) is 0 Å². The molecule has 23 heavy (non-hydrogen) atoms. The topological polar surface area (TPSA) is 92.6 Å². The molecule has 9 heteroatoms. The van der Waals surface area contributed by atoms with E-state index < -0.39 is 11.5 Å². The lowest BCUT2D eigenvalue weighted by Crippen LogP contribution is -2.42. The second-order valence-electron chi connectivity index (χ2n) is 4.88. The zero-order valence-corrected chi connectivity index (χ0v) is 12.1. The number of carbonyl (C=O) groups excluding carboxylic acids is 1. The SMILES string of the molecule is O=C(c1n[nH]n(N=Cc2ccc(F)cc2)c1=O)N1CCOCC1. The van der Waals surface area contributed by atoms with Gasteiger partial charge in [0.2, 0.25) is 5.69 Å². The van der Waals surface area contributed by atoms with Crippen molar-refractivity contribution in [1.82, 2.24) is 20.0 Å². The maximum absolute atomic E-state index is 12.8. The third-order valence-electron chi connectivity index (χ3n) is 3.34. The maximum atomic E-state index is 12.8. The van der Waals surface area contributed by atoms with Gasteiger partial charge in [-0.15, -0.1) is 9.89 Å². The summed E-state index contributed by atoms with van der Waals surface area (Å²) in [6.45, 7) is 1.72. The number of morpholine rings is 1. The second-order valence-corrected chi connectivity index (χ2v) is 4.88. The molecule has 1 amide bonds. The van der Waals surface area contributed by atoms with E-state index in [2.05, 4.69) is 15.4 Å². The van der Waals surface area contributed by atoms with Crippen LogP contribution in [0.4, 0.5) is 4.39 Å². The van der Waals surface area contributed by atoms with Crippen LogP contribution in [0.1, 0.15) is 16.1 Å². The summed E-state index contributed by atoms with van der Waals surface area (Å²) < 4.78 is 18.0. The minimum atomic E-state index is -0.639. The predicted octanol–water partition coefficient (Wildman–Crippen LogP) is 0.0651. The summed E-state index contributed by atoms with van der Waals surface area (Å²) >= 11 is 0. The van der Waals surface area contributed by atoms with Gasteiger partial charge >= 0.3 is 5.56 Å². The van der Waals surface area contributed by atoms with Crippen LogP contribution in [0.15, 0.2) is 34.2 Å². The number of ether oxygens (including phenoxy) is 1. The first kappa shape index (κ1) is 15.1. The first-order valence-electron chi connectivity index (χ1n) is 6.99. The van der Waals surface area contributed by atoms with E-state index in [9.17, 15) is 14.0 Å². The predicted molar refractivity (Wildman–Crippen MR) is 79.0 cm³/mol. The van der Waals surface area contributed by atoms with Gasteiger partial charge in [-0.3, -0.25) is 9.59 Å². The van der Waals surface area contributed by atoms with Gasteiger partial charge in [-0.2, -0.15) is 10.3 Å². The first-order chi connectivity index (χ1) is 11.1. The van der Waals surface area contributed by atoms with Crippen LogP contribution in [-0.4, -0.2) is 58.4 Å². The van der Waals surface area contributed by atoms with Crippen molar-refractivity contribution in [3.8, 4) is 0 Å². The Bertz CT molecular complexity index is 774. The first-order valence-corrected chi connectivity index (χ1v) is 6.99. The summed E-state index contributed by atoms with van der Waals surface area (Å²) in [5.41, 5.74) is -0.253. The number of nitrogens with zero attached hydrogens (tertiary/aromatic N) is 4. The Labute approximate surface area is 130 Å². The van der Waals surface area contributed by atoms with E-state index in [1.54, 1.807) is 0 Å². The molecule has 0 radical (unpaired) electrons. The van der Waals surface area contributed by atoms with Crippen molar-refractivity contribution in [1.29, 1.82) is 0 Å². The number of H-pyrrole nitrogens is 1. The normalized spacial score (nSPS) is 15.3. The number of rotatable bonds is 3. The highest BCUT2D eigenvalue weighted by Crippen LogP contribution is 2.02. The Morgan fingerprint density at radius 2 is 2.00 bits per heavy atom. The number of carbonyl (C=O) groups is 1. The number of hydrogen-bond donors (Lipinski definition) is 1. The van der Waals surface area contributed by atoms with Crippen LogP contribution < -0.4 is 5.56 Å². The van der Waals surface area contributed by atoms with Gasteiger partial charge in [-0.05, 0) is 17.7 Å². The highest BCUT2D eigenvalue weighted by Gasteiger charge is 2.24. The molecule has 120 valence electrons. The smallest absolute Gasteiger partial charge is 0.320 e. The number of aromatic nitrogens is 3. The number of aromatic amines is 1. The van der Waals surface area contributed by atoms with Crippen molar-refractivity contribution in [3.63, 3.8) is 0 Å². The molecule has 0 aliphatic carbocycles. The lowest BCUT2D eigenvalue weighted by molar-refractivity contribution is 0.0298. The van der Waals surface area contributed by atoms with Crippen LogP contribution in [0, 0.1) is 5.82 Å². The Kier molecular flexibility index (Phi) is 4.29. The van der Waals surface area contributed by atoms with Gasteiger partial charge in [0.1, 0.15) is 5.82 Å². The summed E-state index contributed by atoms with van der Waals surface area (Å²) in [6, 6.07) is 5.59. The summed E-state index contributed by atoms with van der Waals surface area (Å²) in [5.74, 6) is -0.815. The highest BCUT2D eigenvalue weighted by atomic mass is 19.1. The molecule has 8 nitrogen and oxygen atoms in total. The maximum Gasteiger partial charge on any atom is 0.320 e. The summed E-state index contributed by atoms with van der Waals surface area (Å²) in [7, 11) is 0. The summed E-state index contributed by atoms with van der Waals surface area (Å²) in [6.07, 6.45) is 1.36. The molecule has 1 aromatic heterocycles. The minimum absolute atomic E-state index is 0.219. The quantitative estimate of drug-likeness (QED) is 0.810. The van der Waals surface area contributed by atoms with Crippen LogP contribution in [-0.2, 0) is 4.74 Å². The molecular weight excluding hydrogens is 305 g/mol. The molecule has 2 aromatic rings. The number of amides is 1. The highest BCUT2D eigenvalue weighted by molar-refractivity contribution is 5.92. The zero-order chi connectivity index (χ0) is 16.2. The summed E-state index contributed by atoms with van der Waals surface area (Å²) in [5, 5.41) is 10.0. The number of hydrogen-bond acceptors (Lipinski definition) is 5. The van der Waals surface area contributed by atoms with E-state index in [0.29, 0.717) is 31.9 Å². The molecule has 0 spiro atoms. The van der Waals surface area contributed by atoms with Crippen LogP contribution in [0.5, 0.6) is 0 Å². The monoisotopic (exact) mass is 319 g/mol. The van der Waals surface area contributed by atoms with E-state index in [1.165, 1.54) is 35.4 Å². The molecular formula is C14H14FN5O3. The number of nitrogens with one attached hydrogen (secondary N) is 1. The molecule has 2 heterocycles. The Hall–Kier alpha value is -2.81. The lowest BCUT2D eigenvalue weighted by atomic mass is 10.2. The fourth-order valence-corrected chi connectivity index (χ4v) is 2.10. The summed E-state index contributed by atoms with van der Waals surface area (Å²) in [4.78, 5) is 26.7. The van der Waals surface area contributed by atoms with E-state index in [-0.39, 0.29) is 11.5 Å². The Morgan fingerprint density at radius 1 is 1.30 bits per heavy atom. The van der Waals surface area contributed by atoms with E-state index in [0.717, 1.165) is 4.79 Å². The molecule has 1 saturated heterocycles. The fourth-order valence-electron chi connectivity index (χ4n) is 2.10. The van der Waals surface area contributed by atoms with Crippen molar-refractivity contribution in [3.05, 3.63) is 51.7 Å². The van der Waals surface area contributed by atoms with Crippen molar-refractivity contribution in [2.45, 2.75) is 0 Å². The zero-order valence-electron chi connectivity index (χ0n) is 12.1. The molecule has 0 bridgehead atoms. The molecule has 0 saturated carbocycles. The number of halogens is 1. The third-order valence-corrected chi connectivity index (χ3v) is 3.34. The molecule has 0 unspecified atom stereocenters. The lowest BCUT2D eigenvalue weighted by Gasteiger charge is -2.25. The number of benzene rings is 1. The van der Waals surface area contributed by atoms with Crippen molar-refractivity contribution >= 4 is 12.1 Å². The van der Waals surface area contributed by atoms with E-state index >= 15 is 0 Å². The average molecular weight is 319 g/mol. The van der Waals surface area contributed by atoms with Crippen molar-refractivity contribution in [2.24, 2.45) is 5.10 Å². The van der Waals surface area contributed by atoms with Gasteiger partial charge < -0.3 is 9.64 Å². The second kappa shape index (κ2) is 6.53. The minimum Gasteiger partial charge on any atom is -0.378 e. The Morgan fingerprint density at radius 3 is 2.70 bits per heavy atom. The Balaban J connectivity index is 1.77. The van der Waals surface area contributed by atoms with Gasteiger partial charge in [0, 0.05) is 13.1 Å². The fraction of sp³-hybridized carbons (Fsp3) is 0.286. The standard InChI is InChI=1S/C14H14FN5O3/c15-11-3-1-10(2-4-11)9-16-20-14(22)12(17-18-20)13(21)19-5-7-23-8-6-19/h1-4,9,18H,5-8H2. The van der Waals surface area contributed by atoms with Gasteiger partial charge in [0.15, 0.2) is 0 Å². The molecule has 1 aliphatic rings. The van der Waals surface area contributed by atoms with E-state index in [4.69, 9.17) is 4.74 Å². The van der Waals surface area contributed by atoms with Crippen LogP contribution in [0.25, 0.3) is 0 Å². The van der Waals surface area contributed by atoms with Gasteiger partial charge in [0.05, 0.1) is 19.4 Å².